The Morgan fingerprint density at radius 3 is 2.65 bits per heavy atom. The highest BCUT2D eigenvalue weighted by molar-refractivity contribution is 6.01. The second-order valence-electron chi connectivity index (χ2n) is 7.39. The van der Waals surface area contributed by atoms with Crippen LogP contribution >= 0.6 is 0 Å². The molecule has 0 unspecified atom stereocenters. The van der Waals surface area contributed by atoms with Crippen LogP contribution in [0.25, 0.3) is 0 Å². The minimum absolute atomic E-state index is 0.0164. The van der Waals surface area contributed by atoms with Crippen molar-refractivity contribution >= 4 is 17.5 Å². The number of benzene rings is 2. The van der Waals surface area contributed by atoms with Crippen molar-refractivity contribution in [3.05, 3.63) is 65.7 Å². The van der Waals surface area contributed by atoms with Crippen molar-refractivity contribution in [2.24, 2.45) is 5.92 Å². The molecule has 4 heteroatoms. The predicted octanol–water partition coefficient (Wildman–Crippen LogP) is 3.64. The van der Waals surface area contributed by atoms with Crippen molar-refractivity contribution in [3.63, 3.8) is 0 Å². The Morgan fingerprint density at radius 1 is 1.04 bits per heavy atom. The van der Waals surface area contributed by atoms with E-state index in [0.717, 1.165) is 36.9 Å². The average Bonchev–Trinajstić information content (AvgIpc) is 3.08. The third-order valence-corrected chi connectivity index (χ3v) is 5.64. The number of hydrogen-bond acceptors (Lipinski definition) is 2. The lowest BCUT2D eigenvalue weighted by atomic mass is 9.88. The van der Waals surface area contributed by atoms with Crippen LogP contribution < -0.4 is 10.6 Å². The monoisotopic (exact) mass is 348 g/mol. The van der Waals surface area contributed by atoms with Crippen LogP contribution in [-0.2, 0) is 16.0 Å². The molecule has 1 heterocycles. The Balaban J connectivity index is 1.46. The molecule has 0 radical (unpaired) electrons. The van der Waals surface area contributed by atoms with Crippen LogP contribution in [0.15, 0.2) is 54.6 Å². The Hall–Kier alpha value is -2.62. The molecule has 2 amide bonds. The average molecular weight is 348 g/mol. The van der Waals surface area contributed by atoms with Crippen LogP contribution in [-0.4, -0.2) is 17.9 Å². The first-order valence-electron chi connectivity index (χ1n) is 9.44. The summed E-state index contributed by atoms with van der Waals surface area (Å²) in [5.74, 6) is -0.0275. The van der Waals surface area contributed by atoms with E-state index < -0.39 is 5.92 Å². The molecule has 1 aliphatic carbocycles. The highest BCUT2D eigenvalue weighted by Crippen LogP contribution is 2.34. The maximum Gasteiger partial charge on any atom is 0.228 e. The van der Waals surface area contributed by atoms with E-state index in [2.05, 4.69) is 34.9 Å². The number of amides is 2. The van der Waals surface area contributed by atoms with Crippen LogP contribution in [0.4, 0.5) is 5.69 Å². The molecule has 0 aromatic heterocycles. The van der Waals surface area contributed by atoms with E-state index in [0.29, 0.717) is 5.92 Å². The predicted molar refractivity (Wildman–Crippen MR) is 102 cm³/mol. The van der Waals surface area contributed by atoms with Gasteiger partial charge < -0.3 is 10.6 Å². The van der Waals surface area contributed by atoms with E-state index in [1.165, 1.54) is 5.56 Å². The molecule has 0 spiro atoms. The zero-order chi connectivity index (χ0) is 17.9. The Kier molecular flexibility index (Phi) is 4.74. The van der Waals surface area contributed by atoms with Crippen LogP contribution in [0.1, 0.15) is 42.7 Å². The minimum Gasteiger partial charge on any atom is -0.353 e. The summed E-state index contributed by atoms with van der Waals surface area (Å²) in [5.41, 5.74) is 3.00. The molecular formula is C22H24N2O2. The van der Waals surface area contributed by atoms with Crippen molar-refractivity contribution in [3.8, 4) is 0 Å². The Morgan fingerprint density at radius 2 is 1.81 bits per heavy atom. The van der Waals surface area contributed by atoms with E-state index in [1.54, 1.807) is 0 Å². The van der Waals surface area contributed by atoms with Gasteiger partial charge in [0.25, 0.3) is 0 Å². The summed E-state index contributed by atoms with van der Waals surface area (Å²) in [7, 11) is 0. The first kappa shape index (κ1) is 16.8. The highest BCUT2D eigenvalue weighted by Gasteiger charge is 2.34. The maximum atomic E-state index is 13.0. The lowest BCUT2D eigenvalue weighted by Crippen LogP contribution is -2.42. The largest absolute Gasteiger partial charge is 0.353 e. The van der Waals surface area contributed by atoms with Gasteiger partial charge in [-0.3, -0.25) is 9.59 Å². The summed E-state index contributed by atoms with van der Waals surface area (Å²) >= 11 is 0. The molecule has 1 aliphatic heterocycles. The molecule has 4 rings (SSSR count). The van der Waals surface area contributed by atoms with Gasteiger partial charge in [0, 0.05) is 18.2 Å². The van der Waals surface area contributed by atoms with Crippen molar-refractivity contribution in [1.82, 2.24) is 5.32 Å². The van der Waals surface area contributed by atoms with Crippen molar-refractivity contribution in [2.45, 2.75) is 44.1 Å². The molecule has 2 aromatic carbocycles. The standard InChI is InChI=1S/C22H24N2O2/c25-21-14-18(17-10-4-5-11-20(17)23-21)22(26)24-19-12-6-9-16(19)13-15-7-2-1-3-8-15/h1-5,7-8,10-11,16,18-19H,6,9,12-14H2,(H,23,25)(H,24,26)/t16-,18-,19+/m0/s1. The fourth-order valence-corrected chi connectivity index (χ4v) is 4.32. The third kappa shape index (κ3) is 3.50. The fourth-order valence-electron chi connectivity index (χ4n) is 4.32. The molecule has 0 bridgehead atoms. The van der Waals surface area contributed by atoms with Gasteiger partial charge in [0.2, 0.25) is 11.8 Å². The van der Waals surface area contributed by atoms with Gasteiger partial charge in [-0.25, -0.2) is 0 Å². The first-order valence-corrected chi connectivity index (χ1v) is 9.44. The molecule has 2 aromatic rings. The van der Waals surface area contributed by atoms with Crippen LogP contribution in [0.5, 0.6) is 0 Å². The number of para-hydroxylation sites is 1. The summed E-state index contributed by atoms with van der Waals surface area (Å²) in [6.07, 6.45) is 4.52. The normalized spacial score (nSPS) is 24.6. The first-order chi connectivity index (χ1) is 12.7. The van der Waals surface area contributed by atoms with Crippen LogP contribution in [0.3, 0.4) is 0 Å². The number of carbonyl (C=O) groups is 2. The van der Waals surface area contributed by atoms with E-state index in [9.17, 15) is 9.59 Å². The number of rotatable bonds is 4. The molecule has 1 saturated carbocycles. The van der Waals surface area contributed by atoms with E-state index in [-0.39, 0.29) is 24.3 Å². The smallest absolute Gasteiger partial charge is 0.228 e. The van der Waals surface area contributed by atoms with Crippen molar-refractivity contribution < 1.29 is 9.59 Å². The molecule has 26 heavy (non-hydrogen) atoms. The third-order valence-electron chi connectivity index (χ3n) is 5.64. The van der Waals surface area contributed by atoms with Crippen LogP contribution in [0, 0.1) is 5.92 Å². The maximum absolute atomic E-state index is 13.0. The van der Waals surface area contributed by atoms with E-state index >= 15 is 0 Å². The van der Waals surface area contributed by atoms with Crippen molar-refractivity contribution in [2.75, 3.05) is 5.32 Å². The second-order valence-corrected chi connectivity index (χ2v) is 7.39. The molecule has 0 saturated heterocycles. The number of carbonyl (C=O) groups excluding carboxylic acids is 2. The number of nitrogens with one attached hydrogen (secondary N) is 2. The molecule has 134 valence electrons. The van der Waals surface area contributed by atoms with Gasteiger partial charge in [-0.15, -0.1) is 0 Å². The SMILES string of the molecule is O=C1C[C@H](C(=O)N[C@@H]2CCC[C@H]2Cc2ccccc2)c2ccccc2N1. The molecule has 2 N–H and O–H groups in total. The molecule has 3 atom stereocenters. The Labute approximate surface area is 154 Å². The molecule has 1 fully saturated rings. The van der Waals surface area contributed by atoms with Crippen LogP contribution in [0.2, 0.25) is 0 Å². The van der Waals surface area contributed by atoms with Gasteiger partial charge in [0.1, 0.15) is 0 Å². The highest BCUT2D eigenvalue weighted by atomic mass is 16.2. The molecular weight excluding hydrogens is 324 g/mol. The van der Waals surface area contributed by atoms with Gasteiger partial charge in [-0.2, -0.15) is 0 Å². The topological polar surface area (TPSA) is 58.2 Å². The van der Waals surface area contributed by atoms with Gasteiger partial charge in [0.05, 0.1) is 5.92 Å². The lowest BCUT2D eigenvalue weighted by molar-refractivity contribution is -0.127. The van der Waals surface area contributed by atoms with Gasteiger partial charge in [0.15, 0.2) is 0 Å². The number of fused-ring (bicyclic) bond motifs is 1. The number of anilines is 1. The summed E-state index contributed by atoms with van der Waals surface area (Å²) < 4.78 is 0. The van der Waals surface area contributed by atoms with Gasteiger partial charge in [-0.05, 0) is 42.4 Å². The van der Waals surface area contributed by atoms with Gasteiger partial charge >= 0.3 is 0 Å². The lowest BCUT2D eigenvalue weighted by Gasteiger charge is -2.28. The molecule has 4 nitrogen and oxygen atoms in total. The fraction of sp³-hybridized carbons (Fsp3) is 0.364. The minimum atomic E-state index is -0.391. The quantitative estimate of drug-likeness (QED) is 0.886. The summed E-state index contributed by atoms with van der Waals surface area (Å²) in [4.78, 5) is 25.0. The zero-order valence-electron chi connectivity index (χ0n) is 14.8. The Bertz CT molecular complexity index is 803. The number of hydrogen-bond donors (Lipinski definition) is 2. The second kappa shape index (κ2) is 7.32. The van der Waals surface area contributed by atoms with Gasteiger partial charge in [-0.1, -0.05) is 55.0 Å². The summed E-state index contributed by atoms with van der Waals surface area (Å²) in [6.45, 7) is 0. The van der Waals surface area contributed by atoms with E-state index in [1.807, 2.05) is 30.3 Å². The zero-order valence-corrected chi connectivity index (χ0v) is 14.8. The van der Waals surface area contributed by atoms with Crippen molar-refractivity contribution in [1.29, 1.82) is 0 Å². The molecule has 2 aliphatic rings. The summed E-state index contributed by atoms with van der Waals surface area (Å²) in [5, 5.41) is 6.12. The van der Waals surface area contributed by atoms with E-state index in [4.69, 9.17) is 0 Å². The summed E-state index contributed by atoms with van der Waals surface area (Å²) in [6, 6.07) is 18.3.